The summed E-state index contributed by atoms with van der Waals surface area (Å²) in [6.45, 7) is 10.6. The summed E-state index contributed by atoms with van der Waals surface area (Å²) in [7, 11) is 0. The lowest BCUT2D eigenvalue weighted by atomic mass is 9.93. The van der Waals surface area contributed by atoms with E-state index in [-0.39, 0.29) is 11.8 Å². The highest BCUT2D eigenvalue weighted by Crippen LogP contribution is 2.49. The van der Waals surface area contributed by atoms with Crippen LogP contribution < -0.4 is 0 Å². The molecule has 6 heteroatoms. The van der Waals surface area contributed by atoms with E-state index in [0.717, 1.165) is 34.2 Å². The molecule has 0 unspecified atom stereocenters. The lowest BCUT2D eigenvalue weighted by Crippen LogP contribution is -2.34. The van der Waals surface area contributed by atoms with Gasteiger partial charge in [0.05, 0.1) is 32.3 Å². The van der Waals surface area contributed by atoms with Crippen LogP contribution in [0.1, 0.15) is 269 Å². The molecule has 0 saturated heterocycles. The Morgan fingerprint density at radius 1 is 0.375 bits per heavy atom. The summed E-state index contributed by atoms with van der Waals surface area (Å²) in [4.78, 5) is 36.8. The van der Waals surface area contributed by atoms with E-state index in [1.54, 1.807) is 22.7 Å². The minimum Gasteiger partial charge on any atom is -0.306 e. The molecule has 0 saturated carbocycles. The van der Waals surface area contributed by atoms with E-state index in [2.05, 4.69) is 72.5 Å². The number of fused-ring (bicyclic) bond motifs is 1. The molecular formula is C58H96N2O2S2. The van der Waals surface area contributed by atoms with Gasteiger partial charge < -0.3 is 9.80 Å². The van der Waals surface area contributed by atoms with Gasteiger partial charge in [0, 0.05) is 13.1 Å². The van der Waals surface area contributed by atoms with E-state index in [1.807, 2.05) is 0 Å². The molecule has 0 N–H and O–H groups in total. The first-order valence-corrected chi connectivity index (χ1v) is 29.5. The zero-order valence-electron chi connectivity index (χ0n) is 42.0. The molecule has 64 heavy (non-hydrogen) atoms. The fraction of sp³-hybridized carbons (Fsp3) is 0.759. The maximum atomic E-state index is 15.2. The van der Waals surface area contributed by atoms with E-state index in [1.165, 1.54) is 231 Å². The van der Waals surface area contributed by atoms with E-state index in [9.17, 15) is 0 Å². The largest absolute Gasteiger partial charge is 0.306 e. The second kappa shape index (κ2) is 34.2. The molecule has 0 bridgehead atoms. The molecule has 362 valence electrons. The van der Waals surface area contributed by atoms with Crippen molar-refractivity contribution in [2.24, 2.45) is 11.8 Å². The molecule has 4 nitrogen and oxygen atoms in total. The first-order chi connectivity index (χ1) is 31.5. The van der Waals surface area contributed by atoms with E-state index < -0.39 is 0 Å². The van der Waals surface area contributed by atoms with Gasteiger partial charge in [0.15, 0.2) is 0 Å². The maximum absolute atomic E-state index is 15.2. The summed E-state index contributed by atoms with van der Waals surface area (Å²) < 4.78 is 0. The topological polar surface area (TPSA) is 40.6 Å². The van der Waals surface area contributed by atoms with Crippen molar-refractivity contribution >= 4 is 45.9 Å². The second-order valence-corrected chi connectivity index (χ2v) is 21.9. The SMILES string of the molecule is CCCCCCCCCCC(CCCCCCCCCC)CN1C(=O)C2=C(c3cccs3)N(CC(CCCCCCCCCC)CCCCCCCCCC)C(=O)C2=C1c1cccs1. The molecule has 4 rings (SSSR count). The molecule has 0 radical (unpaired) electrons. The Hall–Kier alpha value is -2.18. The Balaban J connectivity index is 1.54. The highest BCUT2D eigenvalue weighted by molar-refractivity contribution is 7.11. The van der Waals surface area contributed by atoms with Crippen LogP contribution in [-0.4, -0.2) is 34.7 Å². The Labute approximate surface area is 402 Å². The van der Waals surface area contributed by atoms with Gasteiger partial charge in [-0.05, 0) is 60.4 Å². The molecule has 0 aliphatic carbocycles. The molecule has 2 aliphatic heterocycles. The number of amides is 2. The highest BCUT2D eigenvalue weighted by Gasteiger charge is 2.50. The predicted molar refractivity (Wildman–Crippen MR) is 282 cm³/mol. The minimum atomic E-state index is 0.0668. The first kappa shape index (κ1) is 54.4. The maximum Gasteiger partial charge on any atom is 0.261 e. The smallest absolute Gasteiger partial charge is 0.261 e. The Kier molecular flexibility index (Phi) is 29.0. The molecule has 2 aliphatic rings. The average Bonchev–Trinajstić information content (AvgIpc) is 4.13. The van der Waals surface area contributed by atoms with Crippen LogP contribution in [0.5, 0.6) is 0 Å². The monoisotopic (exact) mass is 917 g/mol. The van der Waals surface area contributed by atoms with Crippen LogP contribution >= 0.6 is 22.7 Å². The van der Waals surface area contributed by atoms with E-state index in [4.69, 9.17) is 0 Å². The zero-order chi connectivity index (χ0) is 45.5. The molecule has 4 heterocycles. The zero-order valence-corrected chi connectivity index (χ0v) is 43.6. The molecule has 0 spiro atoms. The normalized spacial score (nSPS) is 14.3. The molecule has 2 aromatic rings. The van der Waals surface area contributed by atoms with Gasteiger partial charge in [-0.1, -0.05) is 245 Å². The molecular weight excluding hydrogens is 821 g/mol. The molecule has 0 atom stereocenters. The predicted octanol–water partition coefficient (Wildman–Crippen LogP) is 19.0. The average molecular weight is 918 g/mol. The number of unbranched alkanes of at least 4 members (excludes halogenated alkanes) is 28. The van der Waals surface area contributed by atoms with Crippen LogP contribution in [0.2, 0.25) is 0 Å². The van der Waals surface area contributed by atoms with E-state index >= 15 is 9.59 Å². The quantitative estimate of drug-likeness (QED) is 0.0623. The van der Waals surface area contributed by atoms with Gasteiger partial charge >= 0.3 is 0 Å². The molecule has 2 amide bonds. The van der Waals surface area contributed by atoms with Crippen LogP contribution in [0.4, 0.5) is 0 Å². The highest BCUT2D eigenvalue weighted by atomic mass is 32.1. The Bertz CT molecular complexity index is 1400. The van der Waals surface area contributed by atoms with Gasteiger partial charge in [-0.25, -0.2) is 0 Å². The third kappa shape index (κ3) is 19.2. The van der Waals surface area contributed by atoms with Crippen molar-refractivity contribution in [3.8, 4) is 0 Å². The number of hydrogen-bond donors (Lipinski definition) is 0. The van der Waals surface area contributed by atoms with Gasteiger partial charge in [0.1, 0.15) is 0 Å². The van der Waals surface area contributed by atoms with Gasteiger partial charge in [-0.15, -0.1) is 22.7 Å². The number of thiophene rings is 2. The fourth-order valence-electron chi connectivity index (χ4n) is 10.5. The molecule has 2 aromatic heterocycles. The number of nitrogens with zero attached hydrogens (tertiary/aromatic N) is 2. The fourth-order valence-corrected chi connectivity index (χ4v) is 12.1. The summed E-state index contributed by atoms with van der Waals surface area (Å²) in [5.41, 5.74) is 3.17. The first-order valence-electron chi connectivity index (χ1n) is 27.8. The van der Waals surface area contributed by atoms with Crippen LogP contribution in [0.3, 0.4) is 0 Å². The van der Waals surface area contributed by atoms with Crippen LogP contribution in [0.15, 0.2) is 46.2 Å². The number of hydrogen-bond acceptors (Lipinski definition) is 4. The van der Waals surface area contributed by atoms with Gasteiger partial charge in [-0.2, -0.15) is 0 Å². The van der Waals surface area contributed by atoms with E-state index in [0.29, 0.717) is 23.0 Å². The van der Waals surface area contributed by atoms with Crippen LogP contribution in [-0.2, 0) is 9.59 Å². The summed E-state index contributed by atoms with van der Waals surface area (Å²) >= 11 is 3.37. The van der Waals surface area contributed by atoms with Crippen molar-refractivity contribution in [2.75, 3.05) is 13.1 Å². The molecule has 0 aromatic carbocycles. The van der Waals surface area contributed by atoms with Gasteiger partial charge in [0.2, 0.25) is 0 Å². The molecule has 0 fully saturated rings. The number of carbonyl (C=O) groups is 2. The summed E-state index contributed by atoms with van der Waals surface area (Å²) in [5.74, 6) is 1.02. The summed E-state index contributed by atoms with van der Waals surface area (Å²) in [5, 5.41) is 4.24. The third-order valence-electron chi connectivity index (χ3n) is 14.4. The second-order valence-electron chi connectivity index (χ2n) is 20.0. The van der Waals surface area contributed by atoms with Crippen molar-refractivity contribution in [1.29, 1.82) is 0 Å². The van der Waals surface area contributed by atoms with Crippen molar-refractivity contribution in [3.05, 3.63) is 55.9 Å². The Morgan fingerprint density at radius 3 is 0.859 bits per heavy atom. The van der Waals surface area contributed by atoms with Gasteiger partial charge in [0.25, 0.3) is 11.8 Å². The Morgan fingerprint density at radius 2 is 0.625 bits per heavy atom. The van der Waals surface area contributed by atoms with Crippen molar-refractivity contribution in [3.63, 3.8) is 0 Å². The van der Waals surface area contributed by atoms with Crippen LogP contribution in [0.25, 0.3) is 11.4 Å². The standard InChI is InChI=1S/C58H96N2O2S2/c1-5-9-13-17-21-25-29-33-39-49(40-34-30-26-22-18-14-10-6-2)47-59-55(51-43-37-45-63-51)53-54(57(59)61)56(52-44-38-46-64-52)60(58(53)62)48-50(41-35-31-27-23-19-15-11-7-3)42-36-32-28-24-20-16-12-8-4/h37-38,43-46,49-50H,5-36,39-42,47-48H2,1-4H3. The van der Waals surface area contributed by atoms with Crippen molar-refractivity contribution < 1.29 is 9.59 Å². The summed E-state index contributed by atoms with van der Waals surface area (Å²) in [6, 6.07) is 8.49. The van der Waals surface area contributed by atoms with Crippen molar-refractivity contribution in [2.45, 2.75) is 259 Å². The lowest BCUT2D eigenvalue weighted by molar-refractivity contribution is -0.124. The lowest BCUT2D eigenvalue weighted by Gasteiger charge is -2.29. The minimum absolute atomic E-state index is 0.0668. The summed E-state index contributed by atoms with van der Waals surface area (Å²) in [6.07, 6.45) is 47.0. The third-order valence-corrected chi connectivity index (χ3v) is 16.2. The number of carbonyl (C=O) groups excluding carboxylic acids is 2. The van der Waals surface area contributed by atoms with Crippen molar-refractivity contribution in [1.82, 2.24) is 9.80 Å². The van der Waals surface area contributed by atoms with Gasteiger partial charge in [-0.3, -0.25) is 9.59 Å². The van der Waals surface area contributed by atoms with Crippen LogP contribution in [0, 0.1) is 11.8 Å². The number of rotatable bonds is 42.